The second-order valence-electron chi connectivity index (χ2n) is 8.58. The van der Waals surface area contributed by atoms with Gasteiger partial charge in [0.15, 0.2) is 11.5 Å². The van der Waals surface area contributed by atoms with Gasteiger partial charge in [0.05, 0.1) is 12.2 Å². The quantitative estimate of drug-likeness (QED) is 0.266. The summed E-state index contributed by atoms with van der Waals surface area (Å²) in [7, 11) is 0. The van der Waals surface area contributed by atoms with E-state index in [9.17, 15) is 17.6 Å². The fourth-order valence-electron chi connectivity index (χ4n) is 4.47. The molecule has 0 unspecified atom stereocenters. The van der Waals surface area contributed by atoms with Gasteiger partial charge in [-0.2, -0.15) is 17.6 Å². The van der Waals surface area contributed by atoms with Crippen molar-refractivity contribution in [2.45, 2.75) is 77.2 Å². The summed E-state index contributed by atoms with van der Waals surface area (Å²) in [4.78, 5) is 0. The van der Waals surface area contributed by atoms with E-state index in [0.717, 1.165) is 36.5 Å². The van der Waals surface area contributed by atoms with Gasteiger partial charge in [-0.25, -0.2) is 0 Å². The van der Waals surface area contributed by atoms with Gasteiger partial charge >= 0.3 is 6.11 Å². The smallest absolute Gasteiger partial charge is 0.426 e. The van der Waals surface area contributed by atoms with E-state index in [-0.39, 0.29) is 12.4 Å². The Morgan fingerprint density at radius 3 is 2.09 bits per heavy atom. The zero-order valence-electron chi connectivity index (χ0n) is 18.8. The molecule has 0 heterocycles. The molecule has 1 aliphatic rings. The van der Waals surface area contributed by atoms with Gasteiger partial charge in [0.2, 0.25) is 11.6 Å². The predicted molar refractivity (Wildman–Crippen MR) is 117 cm³/mol. The largest absolute Gasteiger partial charge is 0.491 e. The van der Waals surface area contributed by atoms with Gasteiger partial charge in [-0.1, -0.05) is 44.7 Å². The summed E-state index contributed by atoms with van der Waals surface area (Å²) in [6.45, 7) is 3.94. The topological polar surface area (TPSA) is 18.5 Å². The van der Waals surface area contributed by atoms with E-state index in [1.807, 2.05) is 0 Å². The van der Waals surface area contributed by atoms with Crippen LogP contribution in [0.15, 0.2) is 36.4 Å². The van der Waals surface area contributed by atoms with Gasteiger partial charge in [0.25, 0.3) is 0 Å². The summed E-state index contributed by atoms with van der Waals surface area (Å²) in [5, 5.41) is 0. The number of alkyl halides is 2. The Morgan fingerprint density at radius 1 is 0.844 bits per heavy atom. The normalized spacial score (nSPS) is 19.1. The molecular weight excluding hydrogens is 420 g/mol. The predicted octanol–water partition coefficient (Wildman–Crippen LogP) is 8.35. The first kappa shape index (κ1) is 24.4. The summed E-state index contributed by atoms with van der Waals surface area (Å²) in [6.07, 6.45) is 5.78. The molecule has 0 aromatic heterocycles. The molecule has 0 aliphatic heterocycles. The third kappa shape index (κ3) is 5.96. The van der Waals surface area contributed by atoms with Crippen molar-refractivity contribution in [1.82, 2.24) is 0 Å². The number of ether oxygens (including phenoxy) is 2. The van der Waals surface area contributed by atoms with Gasteiger partial charge in [-0.15, -0.1) is 0 Å². The van der Waals surface area contributed by atoms with Crippen molar-refractivity contribution in [3.63, 3.8) is 0 Å². The van der Waals surface area contributed by atoms with Crippen molar-refractivity contribution in [1.29, 1.82) is 0 Å². The number of hydrogen-bond donors (Lipinski definition) is 0. The Labute approximate surface area is 187 Å². The van der Waals surface area contributed by atoms with E-state index in [1.54, 1.807) is 19.1 Å². The SMILES string of the molecule is CCCCCC1CCC(c2ccc(C(F)(F)Oc3ccc(OCC)c(F)c3F)cc2)CC1. The van der Waals surface area contributed by atoms with E-state index in [2.05, 4.69) is 11.7 Å². The Bertz CT molecular complexity index is 859. The van der Waals surface area contributed by atoms with Gasteiger partial charge in [-0.3, -0.25) is 0 Å². The maximum absolute atomic E-state index is 14.6. The minimum absolute atomic E-state index is 0.125. The molecule has 0 bridgehead atoms. The highest BCUT2D eigenvalue weighted by molar-refractivity contribution is 5.36. The first-order chi connectivity index (χ1) is 15.4. The molecule has 0 amide bonds. The van der Waals surface area contributed by atoms with Crippen LogP contribution in [0.25, 0.3) is 0 Å². The first-order valence-corrected chi connectivity index (χ1v) is 11.6. The van der Waals surface area contributed by atoms with Crippen molar-refractivity contribution in [2.75, 3.05) is 6.61 Å². The first-order valence-electron chi connectivity index (χ1n) is 11.6. The lowest BCUT2D eigenvalue weighted by Gasteiger charge is -2.29. The molecule has 1 aliphatic carbocycles. The maximum atomic E-state index is 14.6. The van der Waals surface area contributed by atoms with Crippen LogP contribution in [-0.4, -0.2) is 6.61 Å². The van der Waals surface area contributed by atoms with E-state index in [1.165, 1.54) is 50.7 Å². The third-order valence-electron chi connectivity index (χ3n) is 6.33. The number of halogens is 4. The second-order valence-corrected chi connectivity index (χ2v) is 8.58. The lowest BCUT2D eigenvalue weighted by molar-refractivity contribution is -0.187. The van der Waals surface area contributed by atoms with Gasteiger partial charge in [0, 0.05) is 0 Å². The Hall–Kier alpha value is -2.24. The summed E-state index contributed by atoms with van der Waals surface area (Å²) < 4.78 is 66.9. The fourth-order valence-corrected chi connectivity index (χ4v) is 4.47. The zero-order valence-corrected chi connectivity index (χ0v) is 18.8. The highest BCUT2D eigenvalue weighted by Gasteiger charge is 2.36. The van der Waals surface area contributed by atoms with Crippen LogP contribution in [0.5, 0.6) is 11.5 Å². The lowest BCUT2D eigenvalue weighted by Crippen LogP contribution is -2.23. The monoisotopic (exact) mass is 452 g/mol. The van der Waals surface area contributed by atoms with Crippen LogP contribution in [0.4, 0.5) is 17.6 Å². The van der Waals surface area contributed by atoms with Crippen LogP contribution < -0.4 is 9.47 Å². The number of unbranched alkanes of at least 4 members (excludes halogenated alkanes) is 2. The second kappa shape index (κ2) is 11.1. The summed E-state index contributed by atoms with van der Waals surface area (Å²) in [5.74, 6) is -2.90. The van der Waals surface area contributed by atoms with Crippen LogP contribution >= 0.6 is 0 Å². The van der Waals surface area contributed by atoms with E-state index in [4.69, 9.17) is 4.74 Å². The molecule has 2 aromatic rings. The Kier molecular flexibility index (Phi) is 8.44. The molecular formula is C26H32F4O2. The molecule has 32 heavy (non-hydrogen) atoms. The van der Waals surface area contributed by atoms with Crippen LogP contribution in [0, 0.1) is 17.6 Å². The molecule has 2 aromatic carbocycles. The molecule has 0 spiro atoms. The highest BCUT2D eigenvalue weighted by atomic mass is 19.3. The molecule has 1 fully saturated rings. The molecule has 0 N–H and O–H groups in total. The average molecular weight is 453 g/mol. The van der Waals surface area contributed by atoms with Crippen molar-refractivity contribution in [3.8, 4) is 11.5 Å². The fraction of sp³-hybridized carbons (Fsp3) is 0.538. The molecule has 0 saturated heterocycles. The van der Waals surface area contributed by atoms with Crippen LogP contribution in [0.1, 0.15) is 82.3 Å². The van der Waals surface area contributed by atoms with Crippen molar-refractivity contribution >= 4 is 0 Å². The Morgan fingerprint density at radius 2 is 1.47 bits per heavy atom. The molecule has 0 atom stereocenters. The third-order valence-corrected chi connectivity index (χ3v) is 6.33. The minimum atomic E-state index is -3.80. The van der Waals surface area contributed by atoms with Crippen LogP contribution in [-0.2, 0) is 6.11 Å². The van der Waals surface area contributed by atoms with Gasteiger partial charge in [0.1, 0.15) is 0 Å². The molecule has 1 saturated carbocycles. The number of benzene rings is 2. The van der Waals surface area contributed by atoms with Crippen LogP contribution in [0.3, 0.4) is 0 Å². The summed E-state index contributed by atoms with van der Waals surface area (Å²) in [6, 6.07) is 8.05. The van der Waals surface area contributed by atoms with Crippen LogP contribution in [0.2, 0.25) is 0 Å². The molecule has 3 rings (SSSR count). The number of hydrogen-bond acceptors (Lipinski definition) is 2. The summed E-state index contributed by atoms with van der Waals surface area (Å²) in [5.41, 5.74) is 0.637. The van der Waals surface area contributed by atoms with E-state index < -0.39 is 29.1 Å². The van der Waals surface area contributed by atoms with Crippen molar-refractivity contribution < 1.29 is 27.0 Å². The van der Waals surface area contributed by atoms with Gasteiger partial charge in [-0.05, 0) is 74.3 Å². The lowest BCUT2D eigenvalue weighted by atomic mass is 9.77. The van der Waals surface area contributed by atoms with Crippen molar-refractivity contribution in [3.05, 3.63) is 59.2 Å². The standard InChI is InChI=1S/C26H32F4O2/c1-3-5-6-7-18-8-10-19(11-9-18)20-12-14-21(15-13-20)26(29,30)32-23-17-16-22(31-4-2)24(27)25(23)28/h12-19H,3-11H2,1-2H3. The minimum Gasteiger partial charge on any atom is -0.491 e. The van der Waals surface area contributed by atoms with E-state index >= 15 is 0 Å². The molecule has 176 valence electrons. The average Bonchev–Trinajstić information content (AvgIpc) is 2.80. The molecule has 6 heteroatoms. The van der Waals surface area contributed by atoms with E-state index in [0.29, 0.717) is 5.92 Å². The molecule has 2 nitrogen and oxygen atoms in total. The molecule has 0 radical (unpaired) electrons. The summed E-state index contributed by atoms with van der Waals surface area (Å²) >= 11 is 0. The Balaban J connectivity index is 1.62. The zero-order chi connectivity index (χ0) is 23.1. The number of rotatable bonds is 10. The van der Waals surface area contributed by atoms with Crippen molar-refractivity contribution in [2.24, 2.45) is 5.92 Å². The maximum Gasteiger partial charge on any atom is 0.426 e. The van der Waals surface area contributed by atoms with Gasteiger partial charge < -0.3 is 9.47 Å². The highest BCUT2D eigenvalue weighted by Crippen LogP contribution is 2.40.